The first-order valence-electron chi connectivity index (χ1n) is 20.6. The molecular weight excluding hydrogens is 756 g/mol. The van der Waals surface area contributed by atoms with Gasteiger partial charge in [0.1, 0.15) is 12.4 Å². The molecule has 2 aromatic carbocycles. The van der Waals surface area contributed by atoms with Crippen LogP contribution in [-0.4, -0.2) is 190 Å². The topological polar surface area (TPSA) is 149 Å². The highest BCUT2D eigenvalue weighted by molar-refractivity contribution is 5.20. The van der Waals surface area contributed by atoms with Crippen molar-refractivity contribution in [3.05, 3.63) is 66.2 Å². The van der Waals surface area contributed by atoms with Crippen LogP contribution in [-0.2, 0) is 61.6 Å². The minimum Gasteiger partial charge on any atom is -0.491 e. The third-order valence-electron chi connectivity index (χ3n) is 7.41. The molecule has 1 N–H and O–H groups in total. The molecule has 0 heterocycles. The number of aliphatic hydroxyl groups excluding tert-OH is 1. The summed E-state index contributed by atoms with van der Waals surface area (Å²) < 4.78 is 76.1. The number of para-hydroxylation sites is 1. The van der Waals surface area contributed by atoms with Crippen LogP contribution in [0, 0.1) is 0 Å². The van der Waals surface area contributed by atoms with E-state index in [1.165, 1.54) is 5.56 Å². The van der Waals surface area contributed by atoms with Crippen LogP contribution in [0.1, 0.15) is 25.3 Å². The van der Waals surface area contributed by atoms with Crippen molar-refractivity contribution in [3.8, 4) is 5.75 Å². The Kier molecular flexibility index (Phi) is 42.4. The zero-order valence-electron chi connectivity index (χ0n) is 35.3. The standard InChI is InChI=1S/C34H62O15.C9H12/c35-6-7-36-8-9-37-10-11-38-12-13-39-14-15-40-16-17-41-18-19-42-20-21-43-22-23-44-24-25-45-26-27-46-28-29-47-30-31-48-32-33-49-34-4-2-1-3-5-34;1-8(2)9-6-4-3-5-7-9/h1-5,35H,6-33H2;3-8H,1-2H3. The fourth-order valence-corrected chi connectivity index (χ4v) is 4.38. The van der Waals surface area contributed by atoms with Crippen LogP contribution in [0.25, 0.3) is 0 Å². The fraction of sp³-hybridized carbons (Fsp3) is 0.721. The second-order valence-electron chi connectivity index (χ2n) is 12.4. The molecule has 336 valence electrons. The molecule has 2 rings (SSSR count). The lowest BCUT2D eigenvalue weighted by molar-refractivity contribution is -0.0293. The molecule has 0 radical (unpaired) electrons. The summed E-state index contributed by atoms with van der Waals surface area (Å²) in [4.78, 5) is 0. The van der Waals surface area contributed by atoms with Gasteiger partial charge in [-0.2, -0.15) is 0 Å². The second kappa shape index (κ2) is 45.8. The van der Waals surface area contributed by atoms with Crippen molar-refractivity contribution in [2.24, 2.45) is 0 Å². The van der Waals surface area contributed by atoms with Gasteiger partial charge >= 0.3 is 0 Å². The summed E-state index contributed by atoms with van der Waals surface area (Å²) in [6, 6.07) is 20.2. The molecule has 2 aromatic rings. The minimum atomic E-state index is 0.0234. The van der Waals surface area contributed by atoms with Crippen LogP contribution in [0.4, 0.5) is 0 Å². The molecule has 0 aliphatic carbocycles. The van der Waals surface area contributed by atoms with Crippen molar-refractivity contribution in [2.75, 3.05) is 185 Å². The van der Waals surface area contributed by atoms with E-state index in [2.05, 4.69) is 38.1 Å². The lowest BCUT2D eigenvalue weighted by atomic mass is 10.0. The average Bonchev–Trinajstić information content (AvgIpc) is 3.25. The van der Waals surface area contributed by atoms with Gasteiger partial charge in [-0.05, 0) is 23.6 Å². The number of hydrogen-bond acceptors (Lipinski definition) is 15. The summed E-state index contributed by atoms with van der Waals surface area (Å²) in [5.74, 6) is 1.50. The molecule has 0 spiro atoms. The van der Waals surface area contributed by atoms with Gasteiger partial charge in [0.25, 0.3) is 0 Å². The first-order chi connectivity index (χ1) is 28.7. The van der Waals surface area contributed by atoms with Crippen molar-refractivity contribution < 1.29 is 71.4 Å². The highest BCUT2D eigenvalue weighted by Gasteiger charge is 1.98. The van der Waals surface area contributed by atoms with Gasteiger partial charge in [0, 0.05) is 0 Å². The Hall–Kier alpha value is -2.32. The summed E-state index contributed by atoms with van der Waals surface area (Å²) in [5, 5.41) is 8.58. The fourth-order valence-electron chi connectivity index (χ4n) is 4.38. The largest absolute Gasteiger partial charge is 0.491 e. The Bertz CT molecular complexity index is 1040. The van der Waals surface area contributed by atoms with Crippen LogP contribution in [0.5, 0.6) is 5.75 Å². The van der Waals surface area contributed by atoms with Gasteiger partial charge < -0.3 is 71.4 Å². The first kappa shape index (κ1) is 53.7. The van der Waals surface area contributed by atoms with Gasteiger partial charge in [-0.25, -0.2) is 0 Å². The summed E-state index contributed by atoms with van der Waals surface area (Å²) in [6.07, 6.45) is 0. The highest BCUT2D eigenvalue weighted by Crippen LogP contribution is 2.11. The van der Waals surface area contributed by atoms with E-state index in [0.717, 1.165) is 5.75 Å². The molecule has 0 amide bonds. The Labute approximate surface area is 347 Å². The van der Waals surface area contributed by atoms with E-state index in [4.69, 9.17) is 71.4 Å². The van der Waals surface area contributed by atoms with Gasteiger partial charge in [-0.15, -0.1) is 0 Å². The van der Waals surface area contributed by atoms with Crippen molar-refractivity contribution in [1.29, 1.82) is 0 Å². The average molecular weight is 831 g/mol. The quantitative estimate of drug-likeness (QED) is 0.0957. The summed E-state index contributed by atoms with van der Waals surface area (Å²) in [6.45, 7) is 17.9. The number of hydrogen-bond donors (Lipinski definition) is 1. The lowest BCUT2D eigenvalue weighted by Gasteiger charge is -2.09. The number of benzene rings is 2. The smallest absolute Gasteiger partial charge is 0.119 e. The molecular formula is C43H74O15. The normalized spacial score (nSPS) is 11.2. The molecule has 15 nitrogen and oxygen atoms in total. The van der Waals surface area contributed by atoms with Gasteiger partial charge in [0.05, 0.1) is 178 Å². The van der Waals surface area contributed by atoms with Gasteiger partial charge in [-0.3, -0.25) is 0 Å². The molecule has 15 heteroatoms. The van der Waals surface area contributed by atoms with Crippen molar-refractivity contribution >= 4 is 0 Å². The molecule has 0 fully saturated rings. The second-order valence-corrected chi connectivity index (χ2v) is 12.4. The van der Waals surface area contributed by atoms with Crippen molar-refractivity contribution in [2.45, 2.75) is 19.8 Å². The predicted molar refractivity (Wildman–Crippen MR) is 220 cm³/mol. The Morgan fingerprint density at radius 2 is 0.534 bits per heavy atom. The third-order valence-corrected chi connectivity index (χ3v) is 7.41. The van der Waals surface area contributed by atoms with Crippen LogP contribution in [0.15, 0.2) is 60.7 Å². The lowest BCUT2D eigenvalue weighted by Crippen LogP contribution is -2.15. The summed E-state index contributed by atoms with van der Waals surface area (Å²) in [5.41, 5.74) is 1.41. The zero-order valence-corrected chi connectivity index (χ0v) is 35.3. The van der Waals surface area contributed by atoms with Crippen molar-refractivity contribution in [1.82, 2.24) is 0 Å². The number of aliphatic hydroxyl groups is 1. The van der Waals surface area contributed by atoms with E-state index in [9.17, 15) is 0 Å². The maximum atomic E-state index is 8.58. The Balaban J connectivity index is 0.00000163. The SMILES string of the molecule is CC(C)c1ccccc1.OCCOCCOCCOCCOCCOCCOCCOCCOCCOCCOCCOCCOCCOCCOc1ccccc1. The van der Waals surface area contributed by atoms with Crippen LogP contribution in [0.3, 0.4) is 0 Å². The molecule has 0 aliphatic heterocycles. The summed E-state index contributed by atoms with van der Waals surface area (Å²) >= 11 is 0. The van der Waals surface area contributed by atoms with Gasteiger partial charge in [-0.1, -0.05) is 62.4 Å². The van der Waals surface area contributed by atoms with Crippen LogP contribution >= 0.6 is 0 Å². The highest BCUT2D eigenvalue weighted by atomic mass is 16.6. The zero-order chi connectivity index (χ0) is 41.5. The van der Waals surface area contributed by atoms with E-state index in [-0.39, 0.29) is 6.61 Å². The van der Waals surface area contributed by atoms with Crippen LogP contribution in [0.2, 0.25) is 0 Å². The minimum absolute atomic E-state index is 0.0234. The van der Waals surface area contributed by atoms with E-state index in [1.54, 1.807) is 0 Å². The number of rotatable bonds is 43. The Morgan fingerprint density at radius 3 is 0.759 bits per heavy atom. The maximum absolute atomic E-state index is 8.58. The predicted octanol–water partition coefficient (Wildman–Crippen LogP) is 4.08. The van der Waals surface area contributed by atoms with Crippen molar-refractivity contribution in [3.63, 3.8) is 0 Å². The molecule has 0 saturated heterocycles. The van der Waals surface area contributed by atoms with E-state index in [0.29, 0.717) is 184 Å². The molecule has 0 aromatic heterocycles. The molecule has 0 bridgehead atoms. The monoisotopic (exact) mass is 831 g/mol. The maximum Gasteiger partial charge on any atom is 0.119 e. The van der Waals surface area contributed by atoms with Gasteiger partial charge in [0.2, 0.25) is 0 Å². The molecule has 0 aliphatic rings. The molecule has 0 unspecified atom stereocenters. The van der Waals surface area contributed by atoms with Crippen LogP contribution < -0.4 is 4.74 Å². The van der Waals surface area contributed by atoms with E-state index in [1.807, 2.05) is 36.4 Å². The van der Waals surface area contributed by atoms with Gasteiger partial charge in [0.15, 0.2) is 0 Å². The van der Waals surface area contributed by atoms with E-state index >= 15 is 0 Å². The molecule has 0 saturated carbocycles. The summed E-state index contributed by atoms with van der Waals surface area (Å²) in [7, 11) is 0. The Morgan fingerprint density at radius 1 is 0.310 bits per heavy atom. The van der Waals surface area contributed by atoms with E-state index < -0.39 is 0 Å². The third kappa shape index (κ3) is 40.5. The number of ether oxygens (including phenoxy) is 14. The first-order valence-corrected chi connectivity index (χ1v) is 20.6. The molecule has 58 heavy (non-hydrogen) atoms. The molecule has 0 atom stereocenters.